The average molecular weight is 280 g/mol. The number of aliphatic hydroxyl groups excluding tert-OH is 1. The lowest BCUT2D eigenvalue weighted by Crippen LogP contribution is -2.05. The summed E-state index contributed by atoms with van der Waals surface area (Å²) in [6, 6.07) is 7.82. The van der Waals surface area contributed by atoms with Crippen LogP contribution in [-0.4, -0.2) is 19.3 Å². The quantitative estimate of drug-likeness (QED) is 0.935. The van der Waals surface area contributed by atoms with Gasteiger partial charge in [-0.15, -0.1) is 0 Å². The van der Waals surface area contributed by atoms with Crippen molar-refractivity contribution >= 4 is 0 Å². The van der Waals surface area contributed by atoms with Crippen molar-refractivity contribution < 1.29 is 23.4 Å². The molecule has 1 N–H and O–H groups in total. The van der Waals surface area contributed by atoms with E-state index in [0.717, 1.165) is 12.1 Å². The van der Waals surface area contributed by atoms with E-state index in [1.165, 1.54) is 20.3 Å². The number of ether oxygens (including phenoxy) is 2. The van der Waals surface area contributed by atoms with Crippen molar-refractivity contribution in [3.8, 4) is 11.5 Å². The van der Waals surface area contributed by atoms with Crippen molar-refractivity contribution in [3.63, 3.8) is 0 Å². The lowest BCUT2D eigenvalue weighted by atomic mass is 10.00. The van der Waals surface area contributed by atoms with Crippen LogP contribution in [0, 0.1) is 11.6 Å². The Bertz CT molecular complexity index is 614. The molecular formula is C15H14F2O3. The maximum atomic E-state index is 13.7. The fourth-order valence-corrected chi connectivity index (χ4v) is 1.94. The third-order valence-corrected chi connectivity index (χ3v) is 2.99. The van der Waals surface area contributed by atoms with Crippen LogP contribution in [0.25, 0.3) is 0 Å². The smallest absolute Gasteiger partial charge is 0.132 e. The van der Waals surface area contributed by atoms with E-state index in [9.17, 15) is 13.9 Å². The minimum atomic E-state index is -1.25. The second-order valence-electron chi connectivity index (χ2n) is 4.18. The summed E-state index contributed by atoms with van der Waals surface area (Å²) in [7, 11) is 2.94. The Kier molecular flexibility index (Phi) is 4.20. The number of aliphatic hydroxyl groups is 1. The van der Waals surface area contributed by atoms with Crippen LogP contribution in [0.2, 0.25) is 0 Å². The van der Waals surface area contributed by atoms with Gasteiger partial charge in [-0.3, -0.25) is 0 Å². The van der Waals surface area contributed by atoms with Gasteiger partial charge in [0.1, 0.15) is 29.2 Å². The summed E-state index contributed by atoms with van der Waals surface area (Å²) in [5.41, 5.74) is 0.355. The highest BCUT2D eigenvalue weighted by atomic mass is 19.1. The molecule has 2 rings (SSSR count). The number of benzene rings is 2. The van der Waals surface area contributed by atoms with Gasteiger partial charge < -0.3 is 14.6 Å². The first kappa shape index (κ1) is 14.3. The molecule has 0 saturated carbocycles. The zero-order valence-electron chi connectivity index (χ0n) is 11.1. The van der Waals surface area contributed by atoms with Crippen LogP contribution in [0.15, 0.2) is 36.4 Å². The molecule has 5 heteroatoms. The third kappa shape index (κ3) is 2.72. The van der Waals surface area contributed by atoms with Crippen molar-refractivity contribution in [2.45, 2.75) is 6.10 Å². The molecule has 1 unspecified atom stereocenters. The van der Waals surface area contributed by atoms with E-state index in [4.69, 9.17) is 9.47 Å². The normalized spacial score (nSPS) is 12.1. The summed E-state index contributed by atoms with van der Waals surface area (Å²) in [5, 5.41) is 10.3. The maximum absolute atomic E-state index is 13.7. The number of methoxy groups -OCH3 is 2. The van der Waals surface area contributed by atoms with E-state index in [1.54, 1.807) is 18.2 Å². The molecule has 106 valence electrons. The van der Waals surface area contributed by atoms with E-state index < -0.39 is 17.7 Å². The van der Waals surface area contributed by atoms with Gasteiger partial charge in [0.25, 0.3) is 0 Å². The predicted octanol–water partition coefficient (Wildman–Crippen LogP) is 3.06. The topological polar surface area (TPSA) is 38.7 Å². The number of rotatable bonds is 4. The Labute approximate surface area is 115 Å². The predicted molar refractivity (Wildman–Crippen MR) is 70.0 cm³/mol. The second-order valence-corrected chi connectivity index (χ2v) is 4.18. The molecule has 0 spiro atoms. The largest absolute Gasteiger partial charge is 0.497 e. The summed E-state index contributed by atoms with van der Waals surface area (Å²) in [5.74, 6) is -0.589. The first-order valence-corrected chi connectivity index (χ1v) is 5.91. The molecule has 0 radical (unpaired) electrons. The van der Waals surface area contributed by atoms with Gasteiger partial charge in [0, 0.05) is 23.3 Å². The molecule has 2 aromatic rings. The molecule has 0 aliphatic rings. The average Bonchev–Trinajstić information content (AvgIpc) is 2.46. The fraction of sp³-hybridized carbons (Fsp3) is 0.200. The molecule has 2 aromatic carbocycles. The summed E-state index contributed by atoms with van der Waals surface area (Å²) < 4.78 is 36.8. The molecule has 0 fully saturated rings. The second kappa shape index (κ2) is 5.88. The third-order valence-electron chi connectivity index (χ3n) is 2.99. The lowest BCUT2D eigenvalue weighted by molar-refractivity contribution is 0.209. The maximum Gasteiger partial charge on any atom is 0.132 e. The Morgan fingerprint density at radius 3 is 2.25 bits per heavy atom. The van der Waals surface area contributed by atoms with Crippen molar-refractivity contribution in [1.29, 1.82) is 0 Å². The Hall–Kier alpha value is -2.14. The molecule has 0 aliphatic carbocycles. The molecular weight excluding hydrogens is 266 g/mol. The minimum absolute atomic E-state index is 0.0186. The standard InChI is InChI=1S/C15H14F2O3/c1-19-10-4-6-12(14(8-10)20-2)15(18)11-5-3-9(16)7-13(11)17/h3-8,15,18H,1-2H3. The Balaban J connectivity index is 2.44. The van der Waals surface area contributed by atoms with Crippen LogP contribution in [0.1, 0.15) is 17.2 Å². The van der Waals surface area contributed by atoms with E-state index in [-0.39, 0.29) is 5.56 Å². The van der Waals surface area contributed by atoms with Crippen LogP contribution in [0.5, 0.6) is 11.5 Å². The van der Waals surface area contributed by atoms with Gasteiger partial charge in [-0.2, -0.15) is 0 Å². The van der Waals surface area contributed by atoms with Crippen molar-refractivity contribution in [2.24, 2.45) is 0 Å². The van der Waals surface area contributed by atoms with Gasteiger partial charge in [0.05, 0.1) is 14.2 Å². The molecule has 0 bridgehead atoms. The van der Waals surface area contributed by atoms with Gasteiger partial charge in [-0.25, -0.2) is 8.78 Å². The summed E-state index contributed by atoms with van der Waals surface area (Å²) in [4.78, 5) is 0. The summed E-state index contributed by atoms with van der Waals surface area (Å²) in [6.07, 6.45) is -1.25. The Morgan fingerprint density at radius 1 is 0.950 bits per heavy atom. The van der Waals surface area contributed by atoms with Crippen LogP contribution in [-0.2, 0) is 0 Å². The highest BCUT2D eigenvalue weighted by Crippen LogP contribution is 2.33. The van der Waals surface area contributed by atoms with Crippen molar-refractivity contribution in [2.75, 3.05) is 14.2 Å². The van der Waals surface area contributed by atoms with Gasteiger partial charge in [0.2, 0.25) is 0 Å². The van der Waals surface area contributed by atoms with Crippen LogP contribution >= 0.6 is 0 Å². The molecule has 0 heterocycles. The summed E-state index contributed by atoms with van der Waals surface area (Å²) in [6.45, 7) is 0. The Morgan fingerprint density at radius 2 is 1.65 bits per heavy atom. The fourth-order valence-electron chi connectivity index (χ4n) is 1.94. The van der Waals surface area contributed by atoms with Crippen molar-refractivity contribution in [3.05, 3.63) is 59.2 Å². The van der Waals surface area contributed by atoms with Crippen molar-refractivity contribution in [1.82, 2.24) is 0 Å². The van der Waals surface area contributed by atoms with Crippen LogP contribution in [0.4, 0.5) is 8.78 Å². The zero-order chi connectivity index (χ0) is 14.7. The molecule has 0 saturated heterocycles. The monoisotopic (exact) mass is 280 g/mol. The highest BCUT2D eigenvalue weighted by molar-refractivity contribution is 5.45. The molecule has 0 amide bonds. The van der Waals surface area contributed by atoms with Gasteiger partial charge in [0.15, 0.2) is 0 Å². The minimum Gasteiger partial charge on any atom is -0.497 e. The molecule has 20 heavy (non-hydrogen) atoms. The lowest BCUT2D eigenvalue weighted by Gasteiger charge is -2.16. The van der Waals surface area contributed by atoms with E-state index in [2.05, 4.69) is 0 Å². The van der Waals surface area contributed by atoms with Gasteiger partial charge in [-0.1, -0.05) is 6.07 Å². The number of hydrogen-bond acceptors (Lipinski definition) is 3. The molecule has 3 nitrogen and oxygen atoms in total. The van der Waals surface area contributed by atoms with Crippen LogP contribution in [0.3, 0.4) is 0 Å². The van der Waals surface area contributed by atoms with E-state index in [0.29, 0.717) is 17.1 Å². The van der Waals surface area contributed by atoms with Gasteiger partial charge in [-0.05, 0) is 18.2 Å². The number of halogens is 2. The SMILES string of the molecule is COc1ccc(C(O)c2ccc(F)cc2F)c(OC)c1. The molecule has 1 atom stereocenters. The first-order valence-electron chi connectivity index (χ1n) is 5.91. The highest BCUT2D eigenvalue weighted by Gasteiger charge is 2.19. The van der Waals surface area contributed by atoms with E-state index in [1.807, 2.05) is 0 Å². The van der Waals surface area contributed by atoms with E-state index >= 15 is 0 Å². The molecule has 0 aromatic heterocycles. The first-order chi connectivity index (χ1) is 9.56. The summed E-state index contributed by atoms with van der Waals surface area (Å²) >= 11 is 0. The zero-order valence-corrected chi connectivity index (χ0v) is 11.1. The van der Waals surface area contributed by atoms with Gasteiger partial charge >= 0.3 is 0 Å². The molecule has 0 aliphatic heterocycles. The number of hydrogen-bond donors (Lipinski definition) is 1. The van der Waals surface area contributed by atoms with Crippen LogP contribution < -0.4 is 9.47 Å².